The molecule has 3 N–H and O–H groups in total. The molecule has 1 aromatic rings. The summed E-state index contributed by atoms with van der Waals surface area (Å²) in [4.78, 5) is 22.7. The van der Waals surface area contributed by atoms with Crippen molar-refractivity contribution >= 4 is 40.1 Å². The second-order valence-corrected chi connectivity index (χ2v) is 6.53. The van der Waals surface area contributed by atoms with E-state index in [1.807, 2.05) is 0 Å². The first-order valence-corrected chi connectivity index (χ1v) is 8.30. The second-order valence-electron chi connectivity index (χ2n) is 4.57. The van der Waals surface area contributed by atoms with Gasteiger partial charge in [-0.05, 0) is 31.5 Å². The van der Waals surface area contributed by atoms with E-state index in [0.29, 0.717) is 17.9 Å². The predicted octanol–water partition coefficient (Wildman–Crippen LogP) is 2.32. The molecule has 2 atom stereocenters. The third-order valence-corrected chi connectivity index (χ3v) is 3.81. The van der Waals surface area contributed by atoms with Gasteiger partial charge in [0.15, 0.2) is 0 Å². The number of hydrogen-bond donors (Lipinski definition) is 3. The number of hydrogen-bond acceptors (Lipinski definition) is 3. The van der Waals surface area contributed by atoms with Crippen LogP contribution in [0.1, 0.15) is 23.7 Å². The number of carboxylic acids is 1. The van der Waals surface area contributed by atoms with E-state index >= 15 is 0 Å². The normalized spacial score (nSPS) is 13.3. The lowest BCUT2D eigenvalue weighted by atomic mass is 10.2. The van der Waals surface area contributed by atoms with E-state index in [2.05, 4.69) is 10.6 Å². The minimum atomic E-state index is -1.16. The molecular formula is C13H17ClN2O4S. The molecular weight excluding hydrogens is 316 g/mol. The molecule has 0 aliphatic rings. The van der Waals surface area contributed by atoms with E-state index in [0.717, 1.165) is 0 Å². The highest BCUT2D eigenvalue weighted by Crippen LogP contribution is 2.20. The number of carboxylic acid groups (broad SMARTS) is 1. The average molecular weight is 333 g/mol. The lowest BCUT2D eigenvalue weighted by molar-refractivity contribution is 0.0697. The number of urea groups is 1. The van der Waals surface area contributed by atoms with Gasteiger partial charge in [0.25, 0.3) is 0 Å². The van der Waals surface area contributed by atoms with Crippen LogP contribution in [0, 0.1) is 0 Å². The first kappa shape index (κ1) is 17.5. The molecule has 0 heterocycles. The second kappa shape index (κ2) is 7.99. The van der Waals surface area contributed by atoms with Crippen LogP contribution in [-0.4, -0.2) is 39.4 Å². The fraction of sp³-hybridized carbons (Fsp3) is 0.385. The number of benzene rings is 1. The van der Waals surface area contributed by atoms with Gasteiger partial charge in [-0.15, -0.1) is 0 Å². The Morgan fingerprint density at radius 2 is 2.10 bits per heavy atom. The molecule has 6 nitrogen and oxygen atoms in total. The number of nitrogens with one attached hydrogen (secondary N) is 2. The van der Waals surface area contributed by atoms with Gasteiger partial charge in [0.2, 0.25) is 0 Å². The Balaban J connectivity index is 2.61. The summed E-state index contributed by atoms with van der Waals surface area (Å²) in [6.45, 7) is 1.80. The molecule has 0 saturated carbocycles. The van der Waals surface area contributed by atoms with Crippen LogP contribution >= 0.6 is 11.6 Å². The lowest BCUT2D eigenvalue weighted by Gasteiger charge is -2.14. The molecule has 1 rings (SSSR count). The number of aromatic carboxylic acids is 1. The fourth-order valence-corrected chi connectivity index (χ4v) is 2.46. The minimum absolute atomic E-state index is 0.0797. The summed E-state index contributed by atoms with van der Waals surface area (Å²) < 4.78 is 11.0. The van der Waals surface area contributed by atoms with Gasteiger partial charge >= 0.3 is 12.0 Å². The topological polar surface area (TPSA) is 95.5 Å². The van der Waals surface area contributed by atoms with Crippen molar-refractivity contribution < 1.29 is 18.9 Å². The van der Waals surface area contributed by atoms with Gasteiger partial charge < -0.3 is 15.7 Å². The molecule has 0 fully saturated rings. The smallest absolute Gasteiger partial charge is 0.337 e. The molecule has 0 saturated heterocycles. The van der Waals surface area contributed by atoms with Crippen LogP contribution in [0.25, 0.3) is 0 Å². The van der Waals surface area contributed by atoms with E-state index in [4.69, 9.17) is 16.7 Å². The Hall–Kier alpha value is -1.60. The van der Waals surface area contributed by atoms with E-state index < -0.39 is 22.8 Å². The van der Waals surface area contributed by atoms with Gasteiger partial charge in [0.05, 0.1) is 10.6 Å². The van der Waals surface area contributed by atoms with Gasteiger partial charge in [-0.2, -0.15) is 0 Å². The summed E-state index contributed by atoms with van der Waals surface area (Å²) in [5.74, 6) is -0.659. The zero-order valence-corrected chi connectivity index (χ0v) is 13.3. The fourth-order valence-electron chi connectivity index (χ4n) is 1.57. The summed E-state index contributed by atoms with van der Waals surface area (Å²) in [6, 6.07) is 3.61. The summed E-state index contributed by atoms with van der Waals surface area (Å²) in [5.41, 5.74) is 0.254. The third kappa shape index (κ3) is 6.14. The maximum absolute atomic E-state index is 11.8. The first-order valence-electron chi connectivity index (χ1n) is 6.20. The van der Waals surface area contributed by atoms with E-state index in [-0.39, 0.29) is 16.6 Å². The van der Waals surface area contributed by atoms with Gasteiger partial charge in [-0.25, -0.2) is 9.59 Å². The monoisotopic (exact) mass is 332 g/mol. The molecule has 2 amide bonds. The summed E-state index contributed by atoms with van der Waals surface area (Å²) in [7, 11) is -0.902. The van der Waals surface area contributed by atoms with Crippen LogP contribution in [0.15, 0.2) is 18.2 Å². The molecule has 2 unspecified atom stereocenters. The van der Waals surface area contributed by atoms with Crippen LogP contribution in [-0.2, 0) is 10.8 Å². The number of halogens is 1. The highest BCUT2D eigenvalue weighted by molar-refractivity contribution is 7.84. The Morgan fingerprint density at radius 1 is 1.43 bits per heavy atom. The quantitative estimate of drug-likeness (QED) is 0.745. The van der Waals surface area contributed by atoms with E-state index in [1.165, 1.54) is 18.2 Å². The maximum atomic E-state index is 11.8. The van der Waals surface area contributed by atoms with Gasteiger partial charge in [-0.1, -0.05) is 11.6 Å². The van der Waals surface area contributed by atoms with Gasteiger partial charge in [0.1, 0.15) is 0 Å². The summed E-state index contributed by atoms with van der Waals surface area (Å²) >= 11 is 5.74. The summed E-state index contributed by atoms with van der Waals surface area (Å²) in [5, 5.41) is 14.3. The number of carbonyl (C=O) groups excluding carboxylic acids is 1. The van der Waals surface area contributed by atoms with Gasteiger partial charge in [0, 0.05) is 34.5 Å². The zero-order valence-electron chi connectivity index (χ0n) is 11.7. The van der Waals surface area contributed by atoms with Crippen molar-refractivity contribution in [2.75, 3.05) is 17.3 Å². The molecule has 1 aromatic carbocycles. The van der Waals surface area contributed by atoms with Crippen molar-refractivity contribution in [1.29, 1.82) is 0 Å². The number of anilines is 1. The van der Waals surface area contributed by atoms with Crippen LogP contribution in [0.2, 0.25) is 5.02 Å². The molecule has 0 spiro atoms. The van der Waals surface area contributed by atoms with Crippen molar-refractivity contribution in [3.8, 4) is 0 Å². The van der Waals surface area contributed by atoms with E-state index in [9.17, 15) is 13.8 Å². The Labute approximate surface area is 130 Å². The van der Waals surface area contributed by atoms with Crippen molar-refractivity contribution in [3.63, 3.8) is 0 Å². The van der Waals surface area contributed by atoms with Crippen molar-refractivity contribution in [1.82, 2.24) is 5.32 Å². The lowest BCUT2D eigenvalue weighted by Crippen LogP contribution is -2.36. The zero-order chi connectivity index (χ0) is 16.0. The SMILES string of the molecule is CC(CCS(C)=O)NC(=O)Nc1ccc(Cl)c(C(=O)O)c1. The average Bonchev–Trinajstić information content (AvgIpc) is 2.38. The summed E-state index contributed by atoms with van der Waals surface area (Å²) in [6.07, 6.45) is 2.20. The maximum Gasteiger partial charge on any atom is 0.337 e. The molecule has 0 radical (unpaired) electrons. The van der Waals surface area contributed by atoms with E-state index in [1.54, 1.807) is 13.2 Å². The Kier molecular flexibility index (Phi) is 6.64. The minimum Gasteiger partial charge on any atom is -0.478 e. The van der Waals surface area contributed by atoms with Crippen LogP contribution < -0.4 is 10.6 Å². The highest BCUT2D eigenvalue weighted by atomic mass is 35.5. The van der Waals surface area contributed by atoms with Crippen molar-refractivity contribution in [2.24, 2.45) is 0 Å². The van der Waals surface area contributed by atoms with Crippen LogP contribution in [0.3, 0.4) is 0 Å². The number of rotatable bonds is 6. The third-order valence-electron chi connectivity index (χ3n) is 2.67. The predicted molar refractivity (Wildman–Crippen MR) is 83.6 cm³/mol. The molecule has 116 valence electrons. The largest absolute Gasteiger partial charge is 0.478 e. The highest BCUT2D eigenvalue weighted by Gasteiger charge is 2.12. The number of carbonyl (C=O) groups is 2. The van der Waals surface area contributed by atoms with Crippen molar-refractivity contribution in [2.45, 2.75) is 19.4 Å². The standard InChI is InChI=1S/C13H17ClN2O4S/c1-8(5-6-21(2)20)15-13(19)16-9-3-4-11(14)10(7-9)12(17)18/h3-4,7-8H,5-6H2,1-2H3,(H,17,18)(H2,15,16,19). The molecule has 0 aliphatic heterocycles. The van der Waals surface area contributed by atoms with Crippen molar-refractivity contribution in [3.05, 3.63) is 28.8 Å². The Bertz CT molecular complexity index is 565. The molecule has 0 aliphatic carbocycles. The van der Waals surface area contributed by atoms with Crippen LogP contribution in [0.5, 0.6) is 0 Å². The first-order chi connectivity index (χ1) is 9.79. The molecule has 0 aromatic heterocycles. The number of amides is 2. The molecule has 8 heteroatoms. The molecule has 21 heavy (non-hydrogen) atoms. The van der Waals surface area contributed by atoms with Crippen LogP contribution in [0.4, 0.5) is 10.5 Å². The Morgan fingerprint density at radius 3 is 2.67 bits per heavy atom. The van der Waals surface area contributed by atoms with Gasteiger partial charge in [-0.3, -0.25) is 4.21 Å². The molecule has 0 bridgehead atoms.